The average molecular weight is 257 g/mol. The van der Waals surface area contributed by atoms with Gasteiger partial charge in [0.25, 0.3) is 0 Å². The summed E-state index contributed by atoms with van der Waals surface area (Å²) in [6.07, 6.45) is 4.64. The van der Waals surface area contributed by atoms with E-state index in [4.69, 9.17) is 9.84 Å². The Morgan fingerprint density at radius 2 is 2.00 bits per heavy atom. The molecule has 5 heteroatoms. The number of amides is 1. The summed E-state index contributed by atoms with van der Waals surface area (Å²) in [4.78, 5) is 23.8. The van der Waals surface area contributed by atoms with Crippen LogP contribution < -0.4 is 0 Å². The maximum atomic E-state index is 11.8. The second-order valence-corrected chi connectivity index (χ2v) is 5.13. The standard InChI is InChI=1S/C13H23NO4/c1-9-6-4-5-7-11(9)18-8-12(15)14(3)10(2)13(16)17/h9-11H,4-8H2,1-3H3,(H,16,17). The molecule has 3 unspecified atom stereocenters. The second kappa shape index (κ2) is 6.73. The molecule has 104 valence electrons. The zero-order valence-corrected chi connectivity index (χ0v) is 11.4. The van der Waals surface area contributed by atoms with E-state index in [9.17, 15) is 9.59 Å². The van der Waals surface area contributed by atoms with E-state index < -0.39 is 12.0 Å². The fourth-order valence-electron chi connectivity index (χ4n) is 2.19. The average Bonchev–Trinajstić information content (AvgIpc) is 2.35. The van der Waals surface area contributed by atoms with Gasteiger partial charge in [0.05, 0.1) is 6.10 Å². The molecule has 0 radical (unpaired) electrons. The van der Waals surface area contributed by atoms with Crippen molar-refractivity contribution in [2.24, 2.45) is 5.92 Å². The summed E-state index contributed by atoms with van der Waals surface area (Å²) in [6, 6.07) is -0.815. The van der Waals surface area contributed by atoms with Crippen molar-refractivity contribution >= 4 is 11.9 Å². The van der Waals surface area contributed by atoms with E-state index in [-0.39, 0.29) is 18.6 Å². The molecule has 0 bridgehead atoms. The Morgan fingerprint density at radius 1 is 1.39 bits per heavy atom. The Labute approximate surface area is 108 Å². The molecule has 0 aromatic rings. The molecule has 3 atom stereocenters. The summed E-state index contributed by atoms with van der Waals surface area (Å²) >= 11 is 0. The first-order valence-electron chi connectivity index (χ1n) is 6.53. The number of aliphatic carboxylic acids is 1. The van der Waals surface area contributed by atoms with Crippen molar-refractivity contribution in [2.75, 3.05) is 13.7 Å². The van der Waals surface area contributed by atoms with Crippen molar-refractivity contribution in [3.8, 4) is 0 Å². The minimum Gasteiger partial charge on any atom is -0.480 e. The number of likely N-dealkylation sites (N-methyl/N-ethyl adjacent to an activating group) is 1. The van der Waals surface area contributed by atoms with Crippen LogP contribution in [0, 0.1) is 5.92 Å². The van der Waals surface area contributed by atoms with Crippen molar-refractivity contribution in [1.82, 2.24) is 4.90 Å². The van der Waals surface area contributed by atoms with Gasteiger partial charge in [0.2, 0.25) is 5.91 Å². The van der Waals surface area contributed by atoms with Crippen LogP contribution in [0.4, 0.5) is 0 Å². The summed E-state index contributed by atoms with van der Waals surface area (Å²) in [5.41, 5.74) is 0. The molecule has 1 fully saturated rings. The van der Waals surface area contributed by atoms with Gasteiger partial charge in [0.15, 0.2) is 0 Å². The van der Waals surface area contributed by atoms with E-state index >= 15 is 0 Å². The topological polar surface area (TPSA) is 66.8 Å². The van der Waals surface area contributed by atoms with Gasteiger partial charge in [-0.05, 0) is 25.7 Å². The third kappa shape index (κ3) is 3.98. The predicted octanol–water partition coefficient (Wildman–Crippen LogP) is 1.51. The lowest BCUT2D eigenvalue weighted by molar-refractivity contribution is -0.151. The van der Waals surface area contributed by atoms with Crippen molar-refractivity contribution < 1.29 is 19.4 Å². The molecule has 1 amide bonds. The molecular formula is C13H23NO4. The molecule has 0 aliphatic heterocycles. The van der Waals surface area contributed by atoms with Crippen LogP contribution in [0.2, 0.25) is 0 Å². The van der Waals surface area contributed by atoms with Crippen LogP contribution in [0.3, 0.4) is 0 Å². The largest absolute Gasteiger partial charge is 0.480 e. The van der Waals surface area contributed by atoms with Gasteiger partial charge in [-0.15, -0.1) is 0 Å². The summed E-state index contributed by atoms with van der Waals surface area (Å²) < 4.78 is 5.62. The van der Waals surface area contributed by atoms with E-state index in [1.165, 1.54) is 25.3 Å². The summed E-state index contributed by atoms with van der Waals surface area (Å²) in [6.45, 7) is 3.60. The lowest BCUT2D eigenvalue weighted by atomic mass is 9.88. The highest BCUT2D eigenvalue weighted by atomic mass is 16.5. The van der Waals surface area contributed by atoms with Gasteiger partial charge < -0.3 is 14.7 Å². The molecule has 0 aromatic carbocycles. The van der Waals surface area contributed by atoms with E-state index in [0.29, 0.717) is 5.92 Å². The molecule has 1 aliphatic carbocycles. The number of carbonyl (C=O) groups excluding carboxylic acids is 1. The van der Waals surface area contributed by atoms with Gasteiger partial charge >= 0.3 is 5.97 Å². The molecule has 5 nitrogen and oxygen atoms in total. The van der Waals surface area contributed by atoms with E-state index in [1.807, 2.05) is 0 Å². The first kappa shape index (κ1) is 15.0. The van der Waals surface area contributed by atoms with Gasteiger partial charge in [-0.1, -0.05) is 19.8 Å². The highest BCUT2D eigenvalue weighted by Crippen LogP contribution is 2.26. The van der Waals surface area contributed by atoms with Gasteiger partial charge in [-0.2, -0.15) is 0 Å². The molecule has 0 spiro atoms. The second-order valence-electron chi connectivity index (χ2n) is 5.13. The lowest BCUT2D eigenvalue weighted by Gasteiger charge is -2.29. The normalized spacial score (nSPS) is 25.5. The predicted molar refractivity (Wildman–Crippen MR) is 67.2 cm³/mol. The Hall–Kier alpha value is -1.10. The molecule has 0 saturated heterocycles. The maximum Gasteiger partial charge on any atom is 0.326 e. The monoisotopic (exact) mass is 257 g/mol. The number of rotatable bonds is 5. The molecule has 1 N–H and O–H groups in total. The number of hydrogen-bond acceptors (Lipinski definition) is 3. The van der Waals surface area contributed by atoms with Crippen LogP contribution in [0.1, 0.15) is 39.5 Å². The molecule has 1 saturated carbocycles. The maximum absolute atomic E-state index is 11.8. The lowest BCUT2D eigenvalue weighted by Crippen LogP contribution is -2.43. The molecule has 1 aliphatic rings. The van der Waals surface area contributed by atoms with Gasteiger partial charge in [-0.25, -0.2) is 4.79 Å². The quantitative estimate of drug-likeness (QED) is 0.810. The Balaban J connectivity index is 2.38. The van der Waals surface area contributed by atoms with Gasteiger partial charge in [-0.3, -0.25) is 4.79 Å². The minimum atomic E-state index is -1.00. The Kier molecular flexibility index (Phi) is 5.59. The fraction of sp³-hybridized carbons (Fsp3) is 0.846. The molecule has 18 heavy (non-hydrogen) atoms. The van der Waals surface area contributed by atoms with E-state index in [0.717, 1.165) is 19.3 Å². The molecule has 0 aromatic heterocycles. The molecule has 0 heterocycles. The zero-order valence-electron chi connectivity index (χ0n) is 11.4. The number of hydrogen-bond donors (Lipinski definition) is 1. The SMILES string of the molecule is CC1CCCCC1OCC(=O)N(C)C(C)C(=O)O. The summed E-state index contributed by atoms with van der Waals surface area (Å²) in [5.74, 6) is -0.798. The number of nitrogens with zero attached hydrogens (tertiary/aromatic N) is 1. The highest BCUT2D eigenvalue weighted by Gasteiger charge is 2.25. The van der Waals surface area contributed by atoms with Gasteiger partial charge in [0.1, 0.15) is 12.6 Å². The third-order valence-electron chi connectivity index (χ3n) is 3.79. The van der Waals surface area contributed by atoms with Crippen LogP contribution in [-0.2, 0) is 14.3 Å². The van der Waals surface area contributed by atoms with Crippen LogP contribution in [-0.4, -0.2) is 47.7 Å². The minimum absolute atomic E-state index is 0.0247. The van der Waals surface area contributed by atoms with Crippen LogP contribution in [0.15, 0.2) is 0 Å². The zero-order chi connectivity index (χ0) is 13.7. The number of carbonyl (C=O) groups is 2. The fourth-order valence-corrected chi connectivity index (χ4v) is 2.19. The third-order valence-corrected chi connectivity index (χ3v) is 3.79. The summed E-state index contributed by atoms with van der Waals surface area (Å²) in [5, 5.41) is 8.83. The number of carboxylic acids is 1. The van der Waals surface area contributed by atoms with Gasteiger partial charge in [0, 0.05) is 7.05 Å². The Bertz CT molecular complexity index is 305. The number of ether oxygens (including phenoxy) is 1. The van der Waals surface area contributed by atoms with Crippen LogP contribution >= 0.6 is 0 Å². The van der Waals surface area contributed by atoms with E-state index in [2.05, 4.69) is 6.92 Å². The smallest absolute Gasteiger partial charge is 0.326 e. The molecule has 1 rings (SSSR count). The Morgan fingerprint density at radius 3 is 2.56 bits per heavy atom. The summed E-state index contributed by atoms with van der Waals surface area (Å²) in [7, 11) is 1.49. The number of carboxylic acid groups (broad SMARTS) is 1. The van der Waals surface area contributed by atoms with Crippen molar-refractivity contribution in [1.29, 1.82) is 0 Å². The van der Waals surface area contributed by atoms with Crippen molar-refractivity contribution in [3.63, 3.8) is 0 Å². The highest BCUT2D eigenvalue weighted by molar-refractivity contribution is 5.83. The van der Waals surface area contributed by atoms with Crippen LogP contribution in [0.5, 0.6) is 0 Å². The van der Waals surface area contributed by atoms with Crippen LogP contribution in [0.25, 0.3) is 0 Å². The first-order chi connectivity index (χ1) is 8.43. The molecular weight excluding hydrogens is 234 g/mol. The first-order valence-corrected chi connectivity index (χ1v) is 6.53. The van der Waals surface area contributed by atoms with Crippen molar-refractivity contribution in [2.45, 2.75) is 51.7 Å². The van der Waals surface area contributed by atoms with E-state index in [1.54, 1.807) is 0 Å². The van der Waals surface area contributed by atoms with Crippen molar-refractivity contribution in [3.05, 3.63) is 0 Å².